The van der Waals surface area contributed by atoms with Crippen LogP contribution in [0.1, 0.15) is 17.5 Å². The van der Waals surface area contributed by atoms with E-state index in [4.69, 9.17) is 5.11 Å². The topological polar surface area (TPSA) is 40.5 Å². The van der Waals surface area contributed by atoms with Gasteiger partial charge in [-0.15, -0.1) is 12.4 Å². The molecule has 0 fully saturated rings. The Labute approximate surface area is 101 Å². The number of rotatable bonds is 2. The molecule has 1 N–H and O–H groups in total. The average molecular weight is 242 g/mol. The SMILES string of the molecule is CN1CCCc2cc(CC(=O)O)ccc21.Cl. The van der Waals surface area contributed by atoms with E-state index < -0.39 is 5.97 Å². The molecule has 0 aliphatic carbocycles. The molecule has 1 heterocycles. The number of aliphatic carboxylic acids is 1. The maximum absolute atomic E-state index is 10.6. The number of benzene rings is 1. The highest BCUT2D eigenvalue weighted by atomic mass is 35.5. The Morgan fingerprint density at radius 3 is 2.94 bits per heavy atom. The third-order valence-corrected chi connectivity index (χ3v) is 2.85. The summed E-state index contributed by atoms with van der Waals surface area (Å²) in [7, 11) is 2.08. The van der Waals surface area contributed by atoms with Crippen LogP contribution in [-0.4, -0.2) is 24.7 Å². The summed E-state index contributed by atoms with van der Waals surface area (Å²) >= 11 is 0. The fourth-order valence-electron chi connectivity index (χ4n) is 2.12. The van der Waals surface area contributed by atoms with Crippen molar-refractivity contribution >= 4 is 24.1 Å². The zero-order valence-electron chi connectivity index (χ0n) is 9.27. The van der Waals surface area contributed by atoms with Gasteiger partial charge in [-0.1, -0.05) is 12.1 Å². The first-order valence-electron chi connectivity index (χ1n) is 5.21. The van der Waals surface area contributed by atoms with Crippen molar-refractivity contribution in [1.82, 2.24) is 0 Å². The van der Waals surface area contributed by atoms with Crippen LogP contribution in [0.5, 0.6) is 0 Å². The van der Waals surface area contributed by atoms with Gasteiger partial charge in [-0.2, -0.15) is 0 Å². The summed E-state index contributed by atoms with van der Waals surface area (Å²) < 4.78 is 0. The number of anilines is 1. The summed E-state index contributed by atoms with van der Waals surface area (Å²) in [6.07, 6.45) is 2.34. The molecular weight excluding hydrogens is 226 g/mol. The van der Waals surface area contributed by atoms with Gasteiger partial charge in [-0.05, 0) is 30.0 Å². The van der Waals surface area contributed by atoms with Gasteiger partial charge < -0.3 is 10.0 Å². The lowest BCUT2D eigenvalue weighted by atomic mass is 9.98. The molecule has 0 radical (unpaired) electrons. The minimum atomic E-state index is -0.765. The molecule has 0 spiro atoms. The predicted octanol–water partition coefficient (Wildman–Crippen LogP) is 2.12. The van der Waals surface area contributed by atoms with Crippen LogP contribution in [-0.2, 0) is 17.6 Å². The van der Waals surface area contributed by atoms with Gasteiger partial charge in [0, 0.05) is 19.3 Å². The first-order valence-corrected chi connectivity index (χ1v) is 5.21. The first-order chi connectivity index (χ1) is 7.16. The lowest BCUT2D eigenvalue weighted by Crippen LogP contribution is -2.24. The number of fused-ring (bicyclic) bond motifs is 1. The van der Waals surface area contributed by atoms with Gasteiger partial charge in [-0.3, -0.25) is 4.79 Å². The van der Waals surface area contributed by atoms with Gasteiger partial charge in [0.15, 0.2) is 0 Å². The number of hydrogen-bond acceptors (Lipinski definition) is 2. The summed E-state index contributed by atoms with van der Waals surface area (Å²) in [5, 5.41) is 8.71. The van der Waals surface area contributed by atoms with E-state index >= 15 is 0 Å². The number of aryl methyl sites for hydroxylation is 1. The van der Waals surface area contributed by atoms with Crippen molar-refractivity contribution < 1.29 is 9.90 Å². The Kier molecular flexibility index (Phi) is 4.19. The third-order valence-electron chi connectivity index (χ3n) is 2.85. The number of carbonyl (C=O) groups is 1. The summed E-state index contributed by atoms with van der Waals surface area (Å²) in [5.41, 5.74) is 3.43. The molecule has 0 amide bonds. The number of hydrogen-bond donors (Lipinski definition) is 1. The van der Waals surface area contributed by atoms with Crippen LogP contribution >= 0.6 is 12.4 Å². The van der Waals surface area contributed by atoms with E-state index in [0.29, 0.717) is 0 Å². The van der Waals surface area contributed by atoms with E-state index in [1.165, 1.54) is 11.3 Å². The Hall–Kier alpha value is -1.22. The molecule has 0 unspecified atom stereocenters. The van der Waals surface area contributed by atoms with Gasteiger partial charge in [0.2, 0.25) is 0 Å². The Morgan fingerprint density at radius 2 is 2.25 bits per heavy atom. The number of carboxylic acid groups (broad SMARTS) is 1. The van der Waals surface area contributed by atoms with E-state index in [0.717, 1.165) is 24.9 Å². The monoisotopic (exact) mass is 241 g/mol. The zero-order chi connectivity index (χ0) is 10.8. The molecule has 0 aromatic heterocycles. The molecule has 1 aromatic carbocycles. The van der Waals surface area contributed by atoms with Crippen molar-refractivity contribution in [3.63, 3.8) is 0 Å². The van der Waals surface area contributed by atoms with Gasteiger partial charge in [0.25, 0.3) is 0 Å². The van der Waals surface area contributed by atoms with Crippen LogP contribution < -0.4 is 4.90 Å². The van der Waals surface area contributed by atoms with Gasteiger partial charge in [0.1, 0.15) is 0 Å². The molecule has 1 aliphatic rings. The Bertz CT molecular complexity index is 393. The minimum Gasteiger partial charge on any atom is -0.481 e. The van der Waals surface area contributed by atoms with Gasteiger partial charge in [0.05, 0.1) is 6.42 Å². The van der Waals surface area contributed by atoms with E-state index in [-0.39, 0.29) is 18.8 Å². The minimum absolute atomic E-state index is 0. The summed E-state index contributed by atoms with van der Waals surface area (Å²) in [6, 6.07) is 5.97. The fourth-order valence-corrected chi connectivity index (χ4v) is 2.12. The van der Waals surface area contributed by atoms with E-state index in [1.807, 2.05) is 18.2 Å². The van der Waals surface area contributed by atoms with Crippen molar-refractivity contribution in [3.8, 4) is 0 Å². The predicted molar refractivity (Wildman–Crippen MR) is 66.6 cm³/mol. The molecule has 0 saturated heterocycles. The number of nitrogens with zero attached hydrogens (tertiary/aromatic N) is 1. The smallest absolute Gasteiger partial charge is 0.307 e. The third kappa shape index (κ3) is 2.67. The first kappa shape index (κ1) is 12.8. The van der Waals surface area contributed by atoms with Crippen LogP contribution in [0.3, 0.4) is 0 Å². The van der Waals surface area contributed by atoms with Crippen LogP contribution in [0, 0.1) is 0 Å². The summed E-state index contributed by atoms with van der Waals surface area (Å²) in [6.45, 7) is 1.09. The summed E-state index contributed by atoms with van der Waals surface area (Å²) in [4.78, 5) is 12.8. The number of halogens is 1. The Balaban J connectivity index is 0.00000128. The normalized spacial score (nSPS) is 13.9. The highest BCUT2D eigenvalue weighted by molar-refractivity contribution is 5.85. The van der Waals surface area contributed by atoms with Crippen molar-refractivity contribution in [2.45, 2.75) is 19.3 Å². The van der Waals surface area contributed by atoms with Crippen LogP contribution in [0.25, 0.3) is 0 Å². The van der Waals surface area contributed by atoms with Crippen LogP contribution in [0.2, 0.25) is 0 Å². The van der Waals surface area contributed by atoms with Crippen LogP contribution in [0.4, 0.5) is 5.69 Å². The Morgan fingerprint density at radius 1 is 1.50 bits per heavy atom. The van der Waals surface area contributed by atoms with Crippen LogP contribution in [0.15, 0.2) is 18.2 Å². The molecule has 88 valence electrons. The zero-order valence-corrected chi connectivity index (χ0v) is 10.1. The molecule has 0 atom stereocenters. The van der Waals surface area contributed by atoms with E-state index in [1.54, 1.807) is 0 Å². The van der Waals surface area contributed by atoms with E-state index in [2.05, 4.69) is 11.9 Å². The second kappa shape index (κ2) is 5.21. The quantitative estimate of drug-likeness (QED) is 0.862. The van der Waals surface area contributed by atoms with Crippen molar-refractivity contribution in [2.24, 2.45) is 0 Å². The van der Waals surface area contributed by atoms with Crippen molar-refractivity contribution in [2.75, 3.05) is 18.5 Å². The molecule has 0 saturated carbocycles. The maximum Gasteiger partial charge on any atom is 0.307 e. The second-order valence-electron chi connectivity index (χ2n) is 4.06. The molecule has 1 aromatic rings. The highest BCUT2D eigenvalue weighted by Crippen LogP contribution is 2.26. The molecule has 3 nitrogen and oxygen atoms in total. The molecule has 2 rings (SSSR count). The van der Waals surface area contributed by atoms with Gasteiger partial charge in [-0.25, -0.2) is 0 Å². The second-order valence-corrected chi connectivity index (χ2v) is 4.06. The lowest BCUT2D eigenvalue weighted by molar-refractivity contribution is -0.136. The largest absolute Gasteiger partial charge is 0.481 e. The lowest BCUT2D eigenvalue weighted by Gasteiger charge is -2.27. The molecular formula is C12H16ClNO2. The summed E-state index contributed by atoms with van der Waals surface area (Å²) in [5.74, 6) is -0.765. The van der Waals surface area contributed by atoms with Crippen molar-refractivity contribution in [3.05, 3.63) is 29.3 Å². The fraction of sp³-hybridized carbons (Fsp3) is 0.417. The van der Waals surface area contributed by atoms with Gasteiger partial charge >= 0.3 is 5.97 Å². The molecule has 1 aliphatic heterocycles. The maximum atomic E-state index is 10.6. The standard InChI is InChI=1S/C12H15NO2.ClH/c1-13-6-2-3-10-7-9(8-12(14)15)4-5-11(10)13;/h4-5,7H,2-3,6,8H2,1H3,(H,14,15);1H. The van der Waals surface area contributed by atoms with E-state index in [9.17, 15) is 4.79 Å². The molecule has 16 heavy (non-hydrogen) atoms. The average Bonchev–Trinajstić information content (AvgIpc) is 2.17. The highest BCUT2D eigenvalue weighted by Gasteiger charge is 2.14. The molecule has 0 bridgehead atoms. The number of carboxylic acids is 1. The van der Waals surface area contributed by atoms with Crippen molar-refractivity contribution in [1.29, 1.82) is 0 Å². The molecule has 4 heteroatoms.